The van der Waals surface area contributed by atoms with Crippen LogP contribution in [-0.2, 0) is 9.59 Å². The summed E-state index contributed by atoms with van der Waals surface area (Å²) in [7, 11) is 0. The van der Waals surface area contributed by atoms with Crippen molar-refractivity contribution in [3.8, 4) is 0 Å². The Morgan fingerprint density at radius 1 is 1.40 bits per heavy atom. The molecular weight excluding hydrogens is 319 g/mol. The Hall–Kier alpha value is -0.910. The van der Waals surface area contributed by atoms with Gasteiger partial charge >= 0.3 is 0 Å². The average molecular weight is 335 g/mol. The first-order valence-electron chi connectivity index (χ1n) is 6.08. The van der Waals surface area contributed by atoms with E-state index in [1.807, 2.05) is 0 Å². The lowest BCUT2D eigenvalue weighted by molar-refractivity contribution is -0.121. The van der Waals surface area contributed by atoms with E-state index in [4.69, 9.17) is 28.9 Å². The molecule has 1 aromatic rings. The van der Waals surface area contributed by atoms with Crippen LogP contribution in [0.2, 0.25) is 10.0 Å². The van der Waals surface area contributed by atoms with Gasteiger partial charge in [0.25, 0.3) is 0 Å². The molecule has 0 aliphatic heterocycles. The molecular formula is C13H16Cl2N2O2S. The van der Waals surface area contributed by atoms with Crippen molar-refractivity contribution < 1.29 is 9.59 Å². The topological polar surface area (TPSA) is 72.2 Å². The van der Waals surface area contributed by atoms with Crippen LogP contribution in [0.3, 0.4) is 0 Å². The quantitative estimate of drug-likeness (QED) is 0.594. The number of benzene rings is 1. The summed E-state index contributed by atoms with van der Waals surface area (Å²) in [4.78, 5) is 23.2. The minimum absolute atomic E-state index is 0.115. The molecule has 0 saturated heterocycles. The summed E-state index contributed by atoms with van der Waals surface area (Å²) in [6.07, 6.45) is 0.804. The van der Waals surface area contributed by atoms with Crippen LogP contribution in [0.15, 0.2) is 23.1 Å². The summed E-state index contributed by atoms with van der Waals surface area (Å²) in [5.74, 6) is -0.483. The fourth-order valence-corrected chi connectivity index (χ4v) is 2.86. The smallest absolute Gasteiger partial charge is 0.233 e. The van der Waals surface area contributed by atoms with E-state index in [2.05, 4.69) is 5.32 Å². The minimum atomic E-state index is -0.368. The van der Waals surface area contributed by atoms with E-state index in [0.717, 1.165) is 4.90 Å². The van der Waals surface area contributed by atoms with Crippen LogP contribution >= 0.6 is 35.0 Å². The molecule has 0 radical (unpaired) electrons. The van der Waals surface area contributed by atoms with Gasteiger partial charge in [-0.15, -0.1) is 11.8 Å². The van der Waals surface area contributed by atoms with E-state index in [0.29, 0.717) is 23.0 Å². The molecule has 7 heteroatoms. The maximum atomic E-state index is 11.9. The third-order valence-corrected chi connectivity index (χ3v) is 4.30. The van der Waals surface area contributed by atoms with Crippen molar-refractivity contribution in [3.63, 3.8) is 0 Å². The monoisotopic (exact) mass is 334 g/mol. The fourth-order valence-electron chi connectivity index (χ4n) is 1.43. The van der Waals surface area contributed by atoms with Gasteiger partial charge < -0.3 is 11.1 Å². The van der Waals surface area contributed by atoms with Crippen molar-refractivity contribution in [2.24, 2.45) is 5.73 Å². The molecule has 1 rings (SSSR count). The maximum Gasteiger partial charge on any atom is 0.233 e. The van der Waals surface area contributed by atoms with Crippen molar-refractivity contribution >= 4 is 46.8 Å². The number of hydrogen-bond acceptors (Lipinski definition) is 3. The standard InChI is InChI=1S/C13H16Cl2N2O2S/c1-8(13(19)17-6-2-3-12(16)18)20-11-7-9(14)4-5-10(11)15/h4-5,7-8H,2-3,6H2,1H3,(H2,16,18)(H,17,19). The second kappa shape index (κ2) is 8.39. The van der Waals surface area contributed by atoms with Gasteiger partial charge in [-0.1, -0.05) is 23.2 Å². The number of primary amides is 1. The molecule has 0 aliphatic carbocycles. The maximum absolute atomic E-state index is 11.9. The Kier molecular flexibility index (Phi) is 7.19. The lowest BCUT2D eigenvalue weighted by Crippen LogP contribution is -2.32. The Morgan fingerprint density at radius 3 is 2.75 bits per heavy atom. The zero-order valence-electron chi connectivity index (χ0n) is 11.0. The van der Waals surface area contributed by atoms with Gasteiger partial charge in [-0.3, -0.25) is 9.59 Å². The number of hydrogen-bond donors (Lipinski definition) is 2. The molecule has 2 amide bonds. The highest BCUT2D eigenvalue weighted by atomic mass is 35.5. The third kappa shape index (κ3) is 6.03. The molecule has 1 aromatic carbocycles. The molecule has 20 heavy (non-hydrogen) atoms. The third-order valence-electron chi connectivity index (χ3n) is 2.47. The Labute approximate surface area is 132 Å². The number of rotatable bonds is 7. The van der Waals surface area contributed by atoms with E-state index >= 15 is 0 Å². The SMILES string of the molecule is CC(Sc1cc(Cl)ccc1Cl)C(=O)NCCCC(N)=O. The van der Waals surface area contributed by atoms with Crippen molar-refractivity contribution in [2.75, 3.05) is 6.54 Å². The molecule has 0 bridgehead atoms. The van der Waals surface area contributed by atoms with E-state index < -0.39 is 0 Å². The van der Waals surface area contributed by atoms with Gasteiger partial charge in [-0.25, -0.2) is 0 Å². The predicted molar refractivity (Wildman–Crippen MR) is 83.2 cm³/mol. The summed E-state index contributed by atoms with van der Waals surface area (Å²) >= 11 is 13.3. The predicted octanol–water partition coefficient (Wildman–Crippen LogP) is 2.86. The Bertz CT molecular complexity index is 497. The lowest BCUT2D eigenvalue weighted by atomic mass is 10.3. The van der Waals surface area contributed by atoms with E-state index in [9.17, 15) is 9.59 Å². The number of nitrogens with two attached hydrogens (primary N) is 1. The number of amides is 2. The molecule has 110 valence electrons. The number of halogens is 2. The van der Waals surface area contributed by atoms with Gasteiger partial charge in [0, 0.05) is 22.9 Å². The van der Waals surface area contributed by atoms with Gasteiger partial charge in [-0.05, 0) is 31.5 Å². The molecule has 0 aliphatic rings. The molecule has 1 unspecified atom stereocenters. The van der Waals surface area contributed by atoms with Crippen LogP contribution in [0.1, 0.15) is 19.8 Å². The molecule has 3 N–H and O–H groups in total. The van der Waals surface area contributed by atoms with Crippen LogP contribution in [-0.4, -0.2) is 23.6 Å². The van der Waals surface area contributed by atoms with Crippen molar-refractivity contribution in [1.29, 1.82) is 0 Å². The molecule has 4 nitrogen and oxygen atoms in total. The minimum Gasteiger partial charge on any atom is -0.370 e. The number of carbonyl (C=O) groups excluding carboxylic acids is 2. The average Bonchev–Trinajstić information content (AvgIpc) is 2.38. The zero-order chi connectivity index (χ0) is 15.1. The molecule has 0 heterocycles. The van der Waals surface area contributed by atoms with Crippen LogP contribution in [0, 0.1) is 0 Å². The van der Waals surface area contributed by atoms with E-state index in [-0.39, 0.29) is 23.5 Å². The van der Waals surface area contributed by atoms with Gasteiger partial charge in [0.2, 0.25) is 11.8 Å². The summed E-state index contributed by atoms with van der Waals surface area (Å²) < 4.78 is 0. The fraction of sp³-hybridized carbons (Fsp3) is 0.385. The number of thioether (sulfide) groups is 1. The molecule has 1 atom stereocenters. The van der Waals surface area contributed by atoms with Gasteiger partial charge in [0.1, 0.15) is 0 Å². The second-order valence-electron chi connectivity index (χ2n) is 4.20. The summed E-state index contributed by atoms with van der Waals surface area (Å²) in [6.45, 7) is 2.21. The van der Waals surface area contributed by atoms with Gasteiger partial charge in [0.05, 0.1) is 10.3 Å². The molecule has 0 spiro atoms. The first-order chi connectivity index (χ1) is 9.40. The summed E-state index contributed by atoms with van der Waals surface area (Å²) in [6, 6.07) is 5.12. The van der Waals surface area contributed by atoms with Crippen LogP contribution < -0.4 is 11.1 Å². The van der Waals surface area contributed by atoms with Crippen molar-refractivity contribution in [3.05, 3.63) is 28.2 Å². The first kappa shape index (κ1) is 17.1. The highest BCUT2D eigenvalue weighted by Crippen LogP contribution is 2.32. The summed E-state index contributed by atoms with van der Waals surface area (Å²) in [5.41, 5.74) is 5.02. The molecule has 0 aromatic heterocycles. The number of nitrogens with one attached hydrogen (secondary N) is 1. The molecule has 0 saturated carbocycles. The molecule has 0 fully saturated rings. The van der Waals surface area contributed by atoms with Crippen LogP contribution in [0.4, 0.5) is 0 Å². The van der Waals surface area contributed by atoms with Crippen molar-refractivity contribution in [1.82, 2.24) is 5.32 Å². The highest BCUT2D eigenvalue weighted by Gasteiger charge is 2.15. The normalized spacial score (nSPS) is 11.9. The second-order valence-corrected chi connectivity index (χ2v) is 6.42. The van der Waals surface area contributed by atoms with Crippen LogP contribution in [0.5, 0.6) is 0 Å². The van der Waals surface area contributed by atoms with E-state index in [1.165, 1.54) is 11.8 Å². The van der Waals surface area contributed by atoms with Gasteiger partial charge in [-0.2, -0.15) is 0 Å². The van der Waals surface area contributed by atoms with Crippen molar-refractivity contribution in [2.45, 2.75) is 29.9 Å². The van der Waals surface area contributed by atoms with Crippen LogP contribution in [0.25, 0.3) is 0 Å². The Balaban J connectivity index is 2.45. The van der Waals surface area contributed by atoms with E-state index in [1.54, 1.807) is 25.1 Å². The first-order valence-corrected chi connectivity index (χ1v) is 7.71. The van der Waals surface area contributed by atoms with Gasteiger partial charge in [0.15, 0.2) is 0 Å². The number of carbonyl (C=O) groups is 2. The summed E-state index contributed by atoms with van der Waals surface area (Å²) in [5, 5.41) is 3.58. The highest BCUT2D eigenvalue weighted by molar-refractivity contribution is 8.00. The zero-order valence-corrected chi connectivity index (χ0v) is 13.3. The lowest BCUT2D eigenvalue weighted by Gasteiger charge is -2.12. The largest absolute Gasteiger partial charge is 0.370 e. The Morgan fingerprint density at radius 2 is 2.10 bits per heavy atom.